The maximum atomic E-state index is 13.4. The molecule has 90 valence electrons. The van der Waals surface area contributed by atoms with Crippen molar-refractivity contribution in [2.45, 2.75) is 6.04 Å². The summed E-state index contributed by atoms with van der Waals surface area (Å²) in [4.78, 5) is 0. The topological polar surface area (TPSA) is 43.8 Å². The Kier molecular flexibility index (Phi) is 3.51. The van der Waals surface area contributed by atoms with Crippen molar-refractivity contribution in [1.29, 1.82) is 0 Å². The Labute approximate surface area is 112 Å². The van der Waals surface area contributed by atoms with E-state index in [-0.39, 0.29) is 5.02 Å². The maximum Gasteiger partial charge on any atom is 0.142 e. The molecule has 17 heavy (non-hydrogen) atoms. The van der Waals surface area contributed by atoms with Gasteiger partial charge in [0.05, 0.1) is 27.4 Å². The molecule has 0 aliphatic rings. The number of nitrogens with zero attached hydrogens (tertiary/aromatic N) is 2. The van der Waals surface area contributed by atoms with Crippen LogP contribution in [0, 0.1) is 5.82 Å². The van der Waals surface area contributed by atoms with Crippen molar-refractivity contribution in [2.24, 2.45) is 12.8 Å². The normalized spacial score (nSPS) is 12.8. The molecule has 0 aliphatic heterocycles. The van der Waals surface area contributed by atoms with Crippen molar-refractivity contribution in [3.63, 3.8) is 0 Å². The SMILES string of the molecule is Cn1ncc(Br)c1C(N)c1ccc(Cl)c(F)c1. The highest BCUT2D eigenvalue weighted by atomic mass is 79.9. The second-order valence-electron chi connectivity index (χ2n) is 3.65. The molecule has 1 atom stereocenters. The van der Waals surface area contributed by atoms with Crippen LogP contribution in [0.15, 0.2) is 28.9 Å². The molecular weight excluding hydrogens is 308 g/mol. The van der Waals surface area contributed by atoms with E-state index >= 15 is 0 Å². The number of hydrogen-bond donors (Lipinski definition) is 1. The minimum absolute atomic E-state index is 0.0880. The lowest BCUT2D eigenvalue weighted by molar-refractivity contribution is 0.619. The number of hydrogen-bond acceptors (Lipinski definition) is 2. The summed E-state index contributed by atoms with van der Waals surface area (Å²) in [6.45, 7) is 0. The van der Waals surface area contributed by atoms with Gasteiger partial charge in [-0.2, -0.15) is 5.10 Å². The number of rotatable bonds is 2. The smallest absolute Gasteiger partial charge is 0.142 e. The average molecular weight is 319 g/mol. The average Bonchev–Trinajstić information content (AvgIpc) is 2.62. The van der Waals surface area contributed by atoms with Gasteiger partial charge in [0.1, 0.15) is 5.82 Å². The van der Waals surface area contributed by atoms with Gasteiger partial charge < -0.3 is 5.73 Å². The third-order valence-corrected chi connectivity index (χ3v) is 3.45. The van der Waals surface area contributed by atoms with Crippen molar-refractivity contribution >= 4 is 27.5 Å². The first-order valence-electron chi connectivity index (χ1n) is 4.88. The Morgan fingerprint density at radius 1 is 1.53 bits per heavy atom. The van der Waals surface area contributed by atoms with E-state index in [2.05, 4.69) is 21.0 Å². The Morgan fingerprint density at radius 3 is 2.76 bits per heavy atom. The molecule has 1 heterocycles. The molecular formula is C11H10BrClFN3. The number of nitrogens with two attached hydrogens (primary N) is 1. The molecule has 1 aromatic heterocycles. The summed E-state index contributed by atoms with van der Waals surface area (Å²) < 4.78 is 15.8. The van der Waals surface area contributed by atoms with Crippen LogP contribution in [-0.2, 0) is 7.05 Å². The number of benzene rings is 1. The Morgan fingerprint density at radius 2 is 2.24 bits per heavy atom. The third kappa shape index (κ3) is 2.36. The molecule has 1 aromatic carbocycles. The van der Waals surface area contributed by atoms with Crippen LogP contribution in [0.3, 0.4) is 0 Å². The van der Waals surface area contributed by atoms with Crippen LogP contribution in [0.2, 0.25) is 5.02 Å². The highest BCUT2D eigenvalue weighted by Gasteiger charge is 2.17. The van der Waals surface area contributed by atoms with E-state index in [1.807, 2.05) is 0 Å². The van der Waals surface area contributed by atoms with E-state index in [1.54, 1.807) is 24.0 Å². The van der Waals surface area contributed by atoms with Gasteiger partial charge in [0.15, 0.2) is 0 Å². The lowest BCUT2D eigenvalue weighted by Crippen LogP contribution is -2.16. The lowest BCUT2D eigenvalue weighted by Gasteiger charge is -2.13. The molecule has 0 radical (unpaired) electrons. The van der Waals surface area contributed by atoms with Gasteiger partial charge in [-0.05, 0) is 33.6 Å². The van der Waals surface area contributed by atoms with E-state index in [9.17, 15) is 4.39 Å². The molecule has 2 rings (SSSR count). The second-order valence-corrected chi connectivity index (χ2v) is 4.91. The summed E-state index contributed by atoms with van der Waals surface area (Å²) in [5, 5.41) is 4.16. The van der Waals surface area contributed by atoms with Crippen molar-refractivity contribution in [2.75, 3.05) is 0 Å². The van der Waals surface area contributed by atoms with Gasteiger partial charge in [-0.15, -0.1) is 0 Å². The molecule has 2 aromatic rings. The molecule has 6 heteroatoms. The zero-order valence-electron chi connectivity index (χ0n) is 8.99. The van der Waals surface area contributed by atoms with E-state index in [1.165, 1.54) is 12.1 Å². The highest BCUT2D eigenvalue weighted by Crippen LogP contribution is 2.27. The number of aromatic nitrogens is 2. The van der Waals surface area contributed by atoms with E-state index in [0.29, 0.717) is 5.56 Å². The highest BCUT2D eigenvalue weighted by molar-refractivity contribution is 9.10. The maximum absolute atomic E-state index is 13.4. The minimum atomic E-state index is -0.474. The fraction of sp³-hybridized carbons (Fsp3) is 0.182. The van der Waals surface area contributed by atoms with Crippen LogP contribution in [0.5, 0.6) is 0 Å². The number of halogens is 3. The second kappa shape index (κ2) is 4.76. The Bertz CT molecular complexity index is 536. The van der Waals surface area contributed by atoms with Crippen LogP contribution in [-0.4, -0.2) is 9.78 Å². The van der Waals surface area contributed by atoms with Crippen LogP contribution in [0.1, 0.15) is 17.3 Å². The van der Waals surface area contributed by atoms with Gasteiger partial charge in [-0.3, -0.25) is 4.68 Å². The summed E-state index contributed by atoms with van der Waals surface area (Å²) in [6, 6.07) is 4.09. The van der Waals surface area contributed by atoms with E-state index < -0.39 is 11.9 Å². The molecule has 2 N–H and O–H groups in total. The van der Waals surface area contributed by atoms with Crippen LogP contribution >= 0.6 is 27.5 Å². The van der Waals surface area contributed by atoms with Crippen molar-refractivity contribution in [3.05, 3.63) is 51.0 Å². The number of aryl methyl sites for hydroxylation is 1. The minimum Gasteiger partial charge on any atom is -0.319 e. The lowest BCUT2D eigenvalue weighted by atomic mass is 10.0. The third-order valence-electron chi connectivity index (χ3n) is 2.53. The predicted molar refractivity (Wildman–Crippen MR) is 68.3 cm³/mol. The molecule has 0 amide bonds. The Hall–Kier alpha value is -0.910. The van der Waals surface area contributed by atoms with Crippen LogP contribution in [0.25, 0.3) is 0 Å². The van der Waals surface area contributed by atoms with Crippen molar-refractivity contribution < 1.29 is 4.39 Å². The molecule has 0 spiro atoms. The van der Waals surface area contributed by atoms with Crippen LogP contribution < -0.4 is 5.73 Å². The molecule has 0 fully saturated rings. The molecule has 0 saturated carbocycles. The molecule has 0 bridgehead atoms. The summed E-state index contributed by atoms with van der Waals surface area (Å²) in [5.41, 5.74) is 7.51. The molecule has 3 nitrogen and oxygen atoms in total. The zero-order valence-corrected chi connectivity index (χ0v) is 11.3. The first-order chi connectivity index (χ1) is 8.00. The largest absolute Gasteiger partial charge is 0.319 e. The summed E-state index contributed by atoms with van der Waals surface area (Å²) in [5.74, 6) is -0.474. The molecule has 0 saturated heterocycles. The zero-order chi connectivity index (χ0) is 12.6. The van der Waals surface area contributed by atoms with E-state index in [4.69, 9.17) is 17.3 Å². The van der Waals surface area contributed by atoms with Gasteiger partial charge in [0.2, 0.25) is 0 Å². The quantitative estimate of drug-likeness (QED) is 0.925. The first kappa shape index (κ1) is 12.5. The Balaban J connectivity index is 2.43. The van der Waals surface area contributed by atoms with Gasteiger partial charge in [-0.1, -0.05) is 17.7 Å². The summed E-state index contributed by atoms with van der Waals surface area (Å²) in [6.07, 6.45) is 1.65. The predicted octanol–water partition coefficient (Wildman–Crippen LogP) is 3.02. The molecule has 0 aliphatic carbocycles. The summed E-state index contributed by atoms with van der Waals surface area (Å²) >= 11 is 8.99. The fourth-order valence-corrected chi connectivity index (χ4v) is 2.35. The van der Waals surface area contributed by atoms with Crippen molar-refractivity contribution in [3.8, 4) is 0 Å². The fourth-order valence-electron chi connectivity index (χ4n) is 1.63. The van der Waals surface area contributed by atoms with Gasteiger partial charge in [-0.25, -0.2) is 4.39 Å². The van der Waals surface area contributed by atoms with Gasteiger partial charge in [0, 0.05) is 7.05 Å². The van der Waals surface area contributed by atoms with Crippen molar-refractivity contribution in [1.82, 2.24) is 9.78 Å². The van der Waals surface area contributed by atoms with E-state index in [0.717, 1.165) is 10.2 Å². The van der Waals surface area contributed by atoms with Gasteiger partial charge in [0.25, 0.3) is 0 Å². The molecule has 1 unspecified atom stereocenters. The van der Waals surface area contributed by atoms with Crippen LogP contribution in [0.4, 0.5) is 4.39 Å². The summed E-state index contributed by atoms with van der Waals surface area (Å²) in [7, 11) is 1.78. The monoisotopic (exact) mass is 317 g/mol. The van der Waals surface area contributed by atoms with Gasteiger partial charge >= 0.3 is 0 Å². The standard InChI is InChI=1S/C11H10BrClFN3/c1-17-11(7(12)5-16-17)10(15)6-2-3-8(13)9(14)4-6/h2-5,10H,15H2,1H3. The first-order valence-corrected chi connectivity index (χ1v) is 6.05.